The highest BCUT2D eigenvalue weighted by atomic mass is 16.5. The number of benzene rings is 1. The molecule has 0 amide bonds. The van der Waals surface area contributed by atoms with Crippen molar-refractivity contribution in [2.45, 2.75) is 31.9 Å². The van der Waals surface area contributed by atoms with E-state index in [0.29, 0.717) is 6.04 Å². The molecule has 0 saturated carbocycles. The minimum atomic E-state index is 0.163. The maximum atomic E-state index is 5.97. The van der Waals surface area contributed by atoms with Crippen LogP contribution in [0, 0.1) is 0 Å². The molecule has 2 heterocycles. The van der Waals surface area contributed by atoms with Crippen molar-refractivity contribution in [3.05, 3.63) is 42.2 Å². The second-order valence-electron chi connectivity index (χ2n) is 5.09. The predicted molar refractivity (Wildman–Crippen MR) is 77.1 cm³/mol. The van der Waals surface area contributed by atoms with Crippen LogP contribution >= 0.6 is 0 Å². The fraction of sp³-hybridized carbons (Fsp3) is 0.438. The van der Waals surface area contributed by atoms with Gasteiger partial charge in [-0.15, -0.1) is 0 Å². The molecule has 3 heteroatoms. The Labute approximate surface area is 114 Å². The number of pyridine rings is 1. The van der Waals surface area contributed by atoms with Crippen LogP contribution < -0.4 is 5.32 Å². The van der Waals surface area contributed by atoms with Gasteiger partial charge in [0.05, 0.1) is 6.10 Å². The minimum Gasteiger partial charge on any atom is -0.373 e. The van der Waals surface area contributed by atoms with Gasteiger partial charge >= 0.3 is 0 Å². The Bertz CT molecular complexity index is 548. The van der Waals surface area contributed by atoms with Crippen LogP contribution in [0.1, 0.15) is 31.4 Å². The van der Waals surface area contributed by atoms with E-state index in [0.717, 1.165) is 26.0 Å². The van der Waals surface area contributed by atoms with E-state index in [4.69, 9.17) is 4.74 Å². The zero-order chi connectivity index (χ0) is 13.1. The fourth-order valence-corrected chi connectivity index (χ4v) is 2.88. The van der Waals surface area contributed by atoms with Gasteiger partial charge in [0.1, 0.15) is 0 Å². The van der Waals surface area contributed by atoms with E-state index < -0.39 is 0 Å². The third-order valence-corrected chi connectivity index (χ3v) is 3.82. The zero-order valence-electron chi connectivity index (χ0n) is 11.3. The first kappa shape index (κ1) is 12.6. The molecule has 2 atom stereocenters. The average molecular weight is 256 g/mol. The monoisotopic (exact) mass is 256 g/mol. The normalized spacial score (nSPS) is 23.6. The molecular weight excluding hydrogens is 236 g/mol. The number of fused-ring (bicyclic) bond motifs is 1. The van der Waals surface area contributed by atoms with Crippen molar-refractivity contribution >= 4 is 10.8 Å². The van der Waals surface area contributed by atoms with Crippen LogP contribution in [0.15, 0.2) is 36.7 Å². The average Bonchev–Trinajstić information content (AvgIpc) is 2.47. The summed E-state index contributed by atoms with van der Waals surface area (Å²) < 4.78 is 5.97. The molecule has 2 aromatic rings. The summed E-state index contributed by atoms with van der Waals surface area (Å²) in [5, 5.41) is 5.98. The van der Waals surface area contributed by atoms with Gasteiger partial charge in [-0.3, -0.25) is 4.98 Å². The highest BCUT2D eigenvalue weighted by molar-refractivity contribution is 5.84. The lowest BCUT2D eigenvalue weighted by Gasteiger charge is -2.30. The standard InChI is InChI=1S/C16H20N2O/c1-2-18-13-7-8-19-16(9-13)15-11-17-10-12-5-3-4-6-14(12)15/h3-6,10-11,13,16,18H,2,7-9H2,1H3. The van der Waals surface area contributed by atoms with Gasteiger partial charge in [0.25, 0.3) is 0 Å². The quantitative estimate of drug-likeness (QED) is 0.916. The molecule has 3 nitrogen and oxygen atoms in total. The molecule has 2 unspecified atom stereocenters. The molecule has 1 aromatic carbocycles. The van der Waals surface area contributed by atoms with Crippen LogP contribution in [0.5, 0.6) is 0 Å². The fourth-order valence-electron chi connectivity index (χ4n) is 2.88. The molecule has 1 aliphatic heterocycles. The number of hydrogen-bond donors (Lipinski definition) is 1. The lowest BCUT2D eigenvalue weighted by molar-refractivity contribution is 0.00128. The molecule has 3 rings (SSSR count). The maximum absolute atomic E-state index is 5.97. The number of aromatic nitrogens is 1. The van der Waals surface area contributed by atoms with Crippen molar-refractivity contribution in [3.63, 3.8) is 0 Å². The number of nitrogens with zero attached hydrogens (tertiary/aromatic N) is 1. The lowest BCUT2D eigenvalue weighted by atomic mass is 9.95. The first-order valence-corrected chi connectivity index (χ1v) is 7.06. The van der Waals surface area contributed by atoms with Crippen molar-refractivity contribution in [1.82, 2.24) is 10.3 Å². The highest BCUT2D eigenvalue weighted by Crippen LogP contribution is 2.32. The molecule has 0 radical (unpaired) electrons. The molecular formula is C16H20N2O. The van der Waals surface area contributed by atoms with Crippen LogP contribution in [-0.2, 0) is 4.74 Å². The summed E-state index contributed by atoms with van der Waals surface area (Å²) in [6.45, 7) is 4.00. The van der Waals surface area contributed by atoms with E-state index in [1.54, 1.807) is 0 Å². The van der Waals surface area contributed by atoms with Crippen molar-refractivity contribution in [1.29, 1.82) is 0 Å². The molecule has 1 saturated heterocycles. The van der Waals surface area contributed by atoms with Crippen molar-refractivity contribution < 1.29 is 4.74 Å². The van der Waals surface area contributed by atoms with E-state index in [1.165, 1.54) is 16.3 Å². The van der Waals surface area contributed by atoms with Crippen LogP contribution in [0.2, 0.25) is 0 Å². The molecule has 0 spiro atoms. The summed E-state index contributed by atoms with van der Waals surface area (Å²) in [6, 6.07) is 8.96. The summed E-state index contributed by atoms with van der Waals surface area (Å²) in [6.07, 6.45) is 6.17. The third-order valence-electron chi connectivity index (χ3n) is 3.82. The summed E-state index contributed by atoms with van der Waals surface area (Å²) in [5.74, 6) is 0. The second kappa shape index (κ2) is 5.68. The Morgan fingerprint density at radius 2 is 2.21 bits per heavy atom. The van der Waals surface area contributed by atoms with Crippen molar-refractivity contribution in [2.75, 3.05) is 13.2 Å². The van der Waals surface area contributed by atoms with Gasteiger partial charge < -0.3 is 10.1 Å². The van der Waals surface area contributed by atoms with Gasteiger partial charge in [0.15, 0.2) is 0 Å². The Kier molecular flexibility index (Phi) is 3.76. The number of hydrogen-bond acceptors (Lipinski definition) is 3. The van der Waals surface area contributed by atoms with Gasteiger partial charge in [-0.1, -0.05) is 31.2 Å². The van der Waals surface area contributed by atoms with E-state index in [1.807, 2.05) is 12.4 Å². The molecule has 0 bridgehead atoms. The van der Waals surface area contributed by atoms with Crippen LogP contribution in [-0.4, -0.2) is 24.2 Å². The Balaban J connectivity index is 1.91. The Hall–Kier alpha value is -1.45. The molecule has 1 N–H and O–H groups in total. The van der Waals surface area contributed by atoms with E-state index in [-0.39, 0.29) is 6.10 Å². The van der Waals surface area contributed by atoms with Gasteiger partial charge in [-0.05, 0) is 24.8 Å². The topological polar surface area (TPSA) is 34.1 Å². The van der Waals surface area contributed by atoms with Crippen molar-refractivity contribution in [2.24, 2.45) is 0 Å². The van der Waals surface area contributed by atoms with Crippen LogP contribution in [0.25, 0.3) is 10.8 Å². The van der Waals surface area contributed by atoms with Gasteiger partial charge in [0, 0.05) is 36.0 Å². The first-order valence-electron chi connectivity index (χ1n) is 7.06. The van der Waals surface area contributed by atoms with Crippen LogP contribution in [0.4, 0.5) is 0 Å². The van der Waals surface area contributed by atoms with Gasteiger partial charge in [-0.2, -0.15) is 0 Å². The molecule has 0 aliphatic carbocycles. The molecule has 1 fully saturated rings. The second-order valence-corrected chi connectivity index (χ2v) is 5.09. The van der Waals surface area contributed by atoms with Gasteiger partial charge in [0.2, 0.25) is 0 Å². The molecule has 1 aromatic heterocycles. The summed E-state index contributed by atoms with van der Waals surface area (Å²) in [7, 11) is 0. The van der Waals surface area contributed by atoms with Crippen LogP contribution in [0.3, 0.4) is 0 Å². The van der Waals surface area contributed by atoms with E-state index >= 15 is 0 Å². The zero-order valence-corrected chi connectivity index (χ0v) is 11.3. The van der Waals surface area contributed by atoms with Gasteiger partial charge in [-0.25, -0.2) is 0 Å². The molecule has 100 valence electrons. The first-order chi connectivity index (χ1) is 9.38. The molecule has 1 aliphatic rings. The summed E-state index contributed by atoms with van der Waals surface area (Å²) in [5.41, 5.74) is 1.22. The summed E-state index contributed by atoms with van der Waals surface area (Å²) in [4.78, 5) is 4.36. The molecule has 19 heavy (non-hydrogen) atoms. The predicted octanol–water partition coefficient (Wildman–Crippen LogP) is 3.06. The Morgan fingerprint density at radius 3 is 3.11 bits per heavy atom. The summed E-state index contributed by atoms with van der Waals surface area (Å²) >= 11 is 0. The van der Waals surface area contributed by atoms with Crippen molar-refractivity contribution in [3.8, 4) is 0 Å². The Morgan fingerprint density at radius 1 is 1.32 bits per heavy atom. The lowest BCUT2D eigenvalue weighted by Crippen LogP contribution is -2.35. The number of ether oxygens (including phenoxy) is 1. The SMILES string of the molecule is CCNC1CCOC(c2cncc3ccccc23)C1. The maximum Gasteiger partial charge on any atom is 0.0860 e. The smallest absolute Gasteiger partial charge is 0.0860 e. The van der Waals surface area contributed by atoms with E-state index in [9.17, 15) is 0 Å². The van der Waals surface area contributed by atoms with E-state index in [2.05, 4.69) is 41.5 Å². The third kappa shape index (κ3) is 2.62. The largest absolute Gasteiger partial charge is 0.373 e. The number of nitrogens with one attached hydrogen (secondary N) is 1. The minimum absolute atomic E-state index is 0.163. The highest BCUT2D eigenvalue weighted by Gasteiger charge is 2.24. The number of rotatable bonds is 3.